The second-order valence-electron chi connectivity index (χ2n) is 7.66. The molecule has 31 heavy (non-hydrogen) atoms. The average Bonchev–Trinajstić information content (AvgIpc) is 2.82. The number of rotatable bonds is 9. The van der Waals surface area contributed by atoms with E-state index >= 15 is 0 Å². The van der Waals surface area contributed by atoms with Crippen molar-refractivity contribution >= 4 is 17.7 Å². The number of carbonyl (C=O) groups is 1. The lowest BCUT2D eigenvalue weighted by atomic mass is 9.96. The first kappa shape index (κ1) is 23.3. The number of hydrogen-bond donors (Lipinski definition) is 1. The molecule has 0 atom stereocenters. The van der Waals surface area contributed by atoms with Crippen molar-refractivity contribution in [3.8, 4) is 17.2 Å². The number of methoxy groups -OCH3 is 3. The van der Waals surface area contributed by atoms with Crippen LogP contribution in [0.5, 0.6) is 17.2 Å². The van der Waals surface area contributed by atoms with Gasteiger partial charge in [0.2, 0.25) is 5.75 Å². The summed E-state index contributed by atoms with van der Waals surface area (Å²) in [6, 6.07) is 12.0. The fourth-order valence-corrected chi connectivity index (χ4v) is 4.58. The summed E-state index contributed by atoms with van der Waals surface area (Å²) >= 11 is 1.80. The minimum atomic E-state index is -0.129. The van der Waals surface area contributed by atoms with Crippen LogP contribution in [0.4, 0.5) is 0 Å². The van der Waals surface area contributed by atoms with E-state index in [1.165, 1.54) is 10.5 Å². The molecule has 0 radical (unpaired) electrons. The summed E-state index contributed by atoms with van der Waals surface area (Å²) in [6.07, 6.45) is 4.29. The SMILES string of the molecule is COc1cc(C(=O)NCC2CCN(Cc3ccccc3SC)CC2)cc(OC)c1OC. The van der Waals surface area contributed by atoms with Crippen LogP contribution in [0.15, 0.2) is 41.3 Å². The summed E-state index contributed by atoms with van der Waals surface area (Å²) in [4.78, 5) is 16.6. The summed E-state index contributed by atoms with van der Waals surface area (Å²) in [7, 11) is 4.64. The van der Waals surface area contributed by atoms with Crippen LogP contribution in [0.2, 0.25) is 0 Å². The van der Waals surface area contributed by atoms with E-state index in [9.17, 15) is 4.79 Å². The molecule has 1 amide bonds. The molecule has 0 bridgehead atoms. The van der Waals surface area contributed by atoms with Crippen molar-refractivity contribution in [2.75, 3.05) is 47.2 Å². The summed E-state index contributed by atoms with van der Waals surface area (Å²) in [5.41, 5.74) is 1.89. The summed E-state index contributed by atoms with van der Waals surface area (Å²) in [6.45, 7) is 3.76. The zero-order valence-electron chi connectivity index (χ0n) is 18.8. The summed E-state index contributed by atoms with van der Waals surface area (Å²) in [5.74, 6) is 1.79. The van der Waals surface area contributed by atoms with Gasteiger partial charge in [0.1, 0.15) is 0 Å². The highest BCUT2D eigenvalue weighted by Crippen LogP contribution is 2.38. The first-order valence-electron chi connectivity index (χ1n) is 10.5. The van der Waals surface area contributed by atoms with Gasteiger partial charge in [0.05, 0.1) is 21.3 Å². The number of carbonyl (C=O) groups excluding carboxylic acids is 1. The first-order valence-corrected chi connectivity index (χ1v) is 11.7. The molecule has 1 saturated heterocycles. The molecule has 2 aromatic carbocycles. The van der Waals surface area contributed by atoms with Gasteiger partial charge in [-0.3, -0.25) is 9.69 Å². The van der Waals surface area contributed by atoms with Crippen molar-refractivity contribution < 1.29 is 19.0 Å². The molecule has 1 heterocycles. The van der Waals surface area contributed by atoms with Crippen molar-refractivity contribution in [2.24, 2.45) is 5.92 Å². The van der Waals surface area contributed by atoms with Crippen LogP contribution in [0.25, 0.3) is 0 Å². The van der Waals surface area contributed by atoms with Crippen molar-refractivity contribution in [3.05, 3.63) is 47.5 Å². The Kier molecular flexibility index (Phi) is 8.49. The van der Waals surface area contributed by atoms with Gasteiger partial charge in [0.15, 0.2) is 11.5 Å². The Bertz CT molecular complexity index is 857. The highest BCUT2D eigenvalue weighted by Gasteiger charge is 2.22. The van der Waals surface area contributed by atoms with Gasteiger partial charge in [0, 0.05) is 23.5 Å². The van der Waals surface area contributed by atoms with E-state index in [2.05, 4.69) is 40.7 Å². The number of nitrogens with one attached hydrogen (secondary N) is 1. The number of amides is 1. The van der Waals surface area contributed by atoms with Gasteiger partial charge in [-0.25, -0.2) is 0 Å². The predicted octanol–water partition coefficient (Wildman–Crippen LogP) is 4.08. The average molecular weight is 445 g/mol. The van der Waals surface area contributed by atoms with Gasteiger partial charge in [-0.1, -0.05) is 18.2 Å². The standard InChI is InChI=1S/C24H32N2O4S/c1-28-20-13-19(14-21(29-2)23(20)30-3)24(27)25-15-17-9-11-26(12-10-17)16-18-7-5-6-8-22(18)31-4/h5-8,13-14,17H,9-12,15-16H2,1-4H3,(H,25,27). The van der Waals surface area contributed by atoms with Gasteiger partial charge in [-0.2, -0.15) is 0 Å². The second-order valence-corrected chi connectivity index (χ2v) is 8.50. The molecule has 0 aliphatic carbocycles. The number of piperidine rings is 1. The number of benzene rings is 2. The Labute approximate surface area is 189 Å². The summed E-state index contributed by atoms with van der Waals surface area (Å²) < 4.78 is 16.0. The fraction of sp³-hybridized carbons (Fsp3) is 0.458. The van der Waals surface area contributed by atoms with Crippen molar-refractivity contribution in [1.82, 2.24) is 10.2 Å². The van der Waals surface area contributed by atoms with E-state index in [0.717, 1.165) is 32.5 Å². The molecule has 1 N–H and O–H groups in total. The Morgan fingerprint density at radius 1 is 1.06 bits per heavy atom. The highest BCUT2D eigenvalue weighted by atomic mass is 32.2. The topological polar surface area (TPSA) is 60.0 Å². The maximum atomic E-state index is 12.7. The molecule has 0 aromatic heterocycles. The molecule has 168 valence electrons. The van der Waals surface area contributed by atoms with Crippen molar-refractivity contribution in [3.63, 3.8) is 0 Å². The van der Waals surface area contributed by atoms with E-state index in [0.29, 0.717) is 35.3 Å². The molecule has 3 rings (SSSR count). The zero-order chi connectivity index (χ0) is 22.2. The Balaban J connectivity index is 1.52. The first-order chi connectivity index (χ1) is 15.1. The third kappa shape index (κ3) is 5.86. The Morgan fingerprint density at radius 3 is 2.29 bits per heavy atom. The van der Waals surface area contributed by atoms with Crippen LogP contribution >= 0.6 is 11.8 Å². The molecule has 6 nitrogen and oxygen atoms in total. The molecule has 0 saturated carbocycles. The predicted molar refractivity (Wildman–Crippen MR) is 125 cm³/mol. The van der Waals surface area contributed by atoms with Crippen molar-refractivity contribution in [2.45, 2.75) is 24.3 Å². The van der Waals surface area contributed by atoms with Gasteiger partial charge < -0.3 is 19.5 Å². The van der Waals surface area contributed by atoms with Crippen LogP contribution in [-0.2, 0) is 6.54 Å². The van der Waals surface area contributed by atoms with E-state index in [1.54, 1.807) is 45.2 Å². The molecule has 0 unspecified atom stereocenters. The smallest absolute Gasteiger partial charge is 0.251 e. The molecule has 2 aromatic rings. The number of thioether (sulfide) groups is 1. The second kappa shape index (κ2) is 11.3. The monoisotopic (exact) mass is 444 g/mol. The minimum Gasteiger partial charge on any atom is -0.493 e. The van der Waals surface area contributed by atoms with E-state index in [4.69, 9.17) is 14.2 Å². The lowest BCUT2D eigenvalue weighted by Gasteiger charge is -2.32. The van der Waals surface area contributed by atoms with E-state index in [-0.39, 0.29) is 5.91 Å². The number of ether oxygens (including phenoxy) is 3. The molecule has 7 heteroatoms. The lowest BCUT2D eigenvalue weighted by Crippen LogP contribution is -2.38. The third-order valence-corrected chi connectivity index (χ3v) is 6.61. The number of likely N-dealkylation sites (tertiary alicyclic amines) is 1. The van der Waals surface area contributed by atoms with Crippen LogP contribution in [0.1, 0.15) is 28.8 Å². The Hall–Kier alpha value is -2.38. The van der Waals surface area contributed by atoms with Crippen LogP contribution in [0, 0.1) is 5.92 Å². The zero-order valence-corrected chi connectivity index (χ0v) is 19.6. The van der Waals surface area contributed by atoms with Crippen LogP contribution < -0.4 is 19.5 Å². The van der Waals surface area contributed by atoms with Crippen LogP contribution in [0.3, 0.4) is 0 Å². The maximum absolute atomic E-state index is 12.7. The van der Waals surface area contributed by atoms with E-state index in [1.807, 2.05) is 0 Å². The molecular formula is C24H32N2O4S. The van der Waals surface area contributed by atoms with Gasteiger partial charge in [0.25, 0.3) is 5.91 Å². The fourth-order valence-electron chi connectivity index (χ4n) is 3.97. The molecule has 1 aliphatic heterocycles. The van der Waals surface area contributed by atoms with E-state index < -0.39 is 0 Å². The molecule has 1 fully saturated rings. The molecular weight excluding hydrogens is 412 g/mol. The normalized spacial score (nSPS) is 14.8. The third-order valence-electron chi connectivity index (χ3n) is 5.77. The quantitative estimate of drug-likeness (QED) is 0.588. The largest absolute Gasteiger partial charge is 0.493 e. The highest BCUT2D eigenvalue weighted by molar-refractivity contribution is 7.98. The Morgan fingerprint density at radius 2 is 1.71 bits per heavy atom. The number of hydrogen-bond acceptors (Lipinski definition) is 6. The lowest BCUT2D eigenvalue weighted by molar-refractivity contribution is 0.0934. The van der Waals surface area contributed by atoms with Crippen LogP contribution in [-0.4, -0.2) is 58.0 Å². The van der Waals surface area contributed by atoms with Gasteiger partial charge >= 0.3 is 0 Å². The maximum Gasteiger partial charge on any atom is 0.251 e. The van der Waals surface area contributed by atoms with Gasteiger partial charge in [-0.05, 0) is 61.9 Å². The number of nitrogens with zero attached hydrogens (tertiary/aromatic N) is 1. The molecule has 1 aliphatic rings. The van der Waals surface area contributed by atoms with Crippen molar-refractivity contribution in [1.29, 1.82) is 0 Å². The summed E-state index contributed by atoms with van der Waals surface area (Å²) in [5, 5.41) is 3.08. The van der Waals surface area contributed by atoms with Gasteiger partial charge in [-0.15, -0.1) is 11.8 Å². The molecule has 0 spiro atoms. The minimum absolute atomic E-state index is 0.129.